The van der Waals surface area contributed by atoms with Crippen molar-refractivity contribution < 1.29 is 0 Å². The molecular weight excluding hydrogens is 212 g/mol. The highest BCUT2D eigenvalue weighted by Crippen LogP contribution is 2.20. The highest BCUT2D eigenvalue weighted by molar-refractivity contribution is 5.26. The molecule has 2 N–H and O–H groups in total. The van der Waals surface area contributed by atoms with Crippen LogP contribution >= 0.6 is 0 Å². The molecule has 1 aliphatic rings. The van der Waals surface area contributed by atoms with Gasteiger partial charge in [-0.15, -0.1) is 0 Å². The standard InChI is InChI=1S/C13H22N4/c1-3-10-8-15-13(16-9-10)17-12-6-4-11(14-2)5-7-12/h8-9,11-12,14H,3-7H2,1-2H3,(H,15,16,17). The molecule has 94 valence electrons. The summed E-state index contributed by atoms with van der Waals surface area (Å²) in [5.41, 5.74) is 1.19. The van der Waals surface area contributed by atoms with Crippen LogP contribution in [0, 0.1) is 0 Å². The normalized spacial score (nSPS) is 24.6. The van der Waals surface area contributed by atoms with Gasteiger partial charge in [-0.2, -0.15) is 0 Å². The molecule has 2 rings (SSSR count). The minimum Gasteiger partial charge on any atom is -0.351 e. The van der Waals surface area contributed by atoms with Gasteiger partial charge in [0.2, 0.25) is 5.95 Å². The largest absolute Gasteiger partial charge is 0.351 e. The molecule has 4 heteroatoms. The molecular formula is C13H22N4. The van der Waals surface area contributed by atoms with E-state index in [1.807, 2.05) is 19.4 Å². The minimum atomic E-state index is 0.534. The molecule has 0 amide bonds. The van der Waals surface area contributed by atoms with Crippen molar-refractivity contribution in [2.75, 3.05) is 12.4 Å². The fourth-order valence-corrected chi connectivity index (χ4v) is 2.32. The van der Waals surface area contributed by atoms with Crippen molar-refractivity contribution in [3.05, 3.63) is 18.0 Å². The second-order valence-corrected chi connectivity index (χ2v) is 4.75. The van der Waals surface area contributed by atoms with E-state index in [2.05, 4.69) is 27.5 Å². The Morgan fingerprint density at radius 3 is 2.24 bits per heavy atom. The van der Waals surface area contributed by atoms with Gasteiger partial charge in [-0.1, -0.05) is 6.92 Å². The van der Waals surface area contributed by atoms with E-state index in [0.717, 1.165) is 12.4 Å². The van der Waals surface area contributed by atoms with Crippen LogP contribution in [0.4, 0.5) is 5.95 Å². The Bertz CT molecular complexity index is 328. The van der Waals surface area contributed by atoms with Gasteiger partial charge in [0.1, 0.15) is 0 Å². The first-order chi connectivity index (χ1) is 8.31. The summed E-state index contributed by atoms with van der Waals surface area (Å²) < 4.78 is 0. The SMILES string of the molecule is CCc1cnc(NC2CCC(NC)CC2)nc1. The quantitative estimate of drug-likeness (QED) is 0.836. The molecule has 1 aliphatic carbocycles. The first-order valence-corrected chi connectivity index (χ1v) is 6.56. The molecule has 1 aromatic heterocycles. The molecule has 1 fully saturated rings. The fourth-order valence-electron chi connectivity index (χ4n) is 2.32. The van der Waals surface area contributed by atoms with E-state index in [-0.39, 0.29) is 0 Å². The van der Waals surface area contributed by atoms with E-state index in [4.69, 9.17) is 0 Å². The molecule has 0 spiro atoms. The fraction of sp³-hybridized carbons (Fsp3) is 0.692. The Balaban J connectivity index is 1.84. The first kappa shape index (κ1) is 12.3. The summed E-state index contributed by atoms with van der Waals surface area (Å²) in [6, 6.07) is 1.23. The van der Waals surface area contributed by atoms with Crippen molar-refractivity contribution in [2.24, 2.45) is 0 Å². The third-order valence-corrected chi connectivity index (χ3v) is 3.58. The minimum absolute atomic E-state index is 0.534. The number of rotatable bonds is 4. The molecule has 1 aromatic rings. The summed E-state index contributed by atoms with van der Waals surface area (Å²) in [7, 11) is 2.05. The van der Waals surface area contributed by atoms with Crippen LogP contribution in [0.3, 0.4) is 0 Å². The van der Waals surface area contributed by atoms with Gasteiger partial charge in [0.05, 0.1) is 0 Å². The number of hydrogen-bond acceptors (Lipinski definition) is 4. The smallest absolute Gasteiger partial charge is 0.222 e. The van der Waals surface area contributed by atoms with Gasteiger partial charge in [-0.25, -0.2) is 9.97 Å². The van der Waals surface area contributed by atoms with Crippen molar-refractivity contribution in [1.82, 2.24) is 15.3 Å². The van der Waals surface area contributed by atoms with Gasteiger partial charge in [-0.3, -0.25) is 0 Å². The second-order valence-electron chi connectivity index (χ2n) is 4.75. The molecule has 0 unspecified atom stereocenters. The first-order valence-electron chi connectivity index (χ1n) is 6.56. The van der Waals surface area contributed by atoms with E-state index in [0.29, 0.717) is 12.1 Å². The van der Waals surface area contributed by atoms with Gasteiger partial charge in [0.25, 0.3) is 0 Å². The number of nitrogens with zero attached hydrogens (tertiary/aromatic N) is 2. The third-order valence-electron chi connectivity index (χ3n) is 3.58. The van der Waals surface area contributed by atoms with Crippen molar-refractivity contribution in [3.8, 4) is 0 Å². The summed E-state index contributed by atoms with van der Waals surface area (Å²) in [6.07, 6.45) is 9.69. The van der Waals surface area contributed by atoms with Crippen LogP contribution in [0.1, 0.15) is 38.2 Å². The van der Waals surface area contributed by atoms with Crippen LogP contribution in [0.25, 0.3) is 0 Å². The molecule has 0 radical (unpaired) electrons. The summed E-state index contributed by atoms with van der Waals surface area (Å²) in [5, 5.41) is 6.77. The molecule has 1 heterocycles. The van der Waals surface area contributed by atoms with Gasteiger partial charge in [0, 0.05) is 24.5 Å². The Labute approximate surface area is 103 Å². The Hall–Kier alpha value is -1.16. The van der Waals surface area contributed by atoms with Crippen LogP contribution in [-0.4, -0.2) is 29.1 Å². The van der Waals surface area contributed by atoms with Crippen LogP contribution < -0.4 is 10.6 Å². The van der Waals surface area contributed by atoms with Crippen molar-refractivity contribution in [2.45, 2.75) is 51.1 Å². The lowest BCUT2D eigenvalue weighted by Gasteiger charge is -2.28. The van der Waals surface area contributed by atoms with Crippen molar-refractivity contribution in [1.29, 1.82) is 0 Å². The van der Waals surface area contributed by atoms with Crippen LogP contribution in [0.2, 0.25) is 0 Å². The zero-order valence-corrected chi connectivity index (χ0v) is 10.7. The van der Waals surface area contributed by atoms with E-state index in [1.54, 1.807) is 0 Å². The number of aromatic nitrogens is 2. The average Bonchev–Trinajstić information content (AvgIpc) is 2.40. The molecule has 0 aliphatic heterocycles. The van der Waals surface area contributed by atoms with Gasteiger partial charge < -0.3 is 10.6 Å². The lowest BCUT2D eigenvalue weighted by Crippen LogP contribution is -2.35. The molecule has 0 atom stereocenters. The lowest BCUT2D eigenvalue weighted by atomic mass is 9.91. The Morgan fingerprint density at radius 1 is 1.12 bits per heavy atom. The molecule has 17 heavy (non-hydrogen) atoms. The maximum Gasteiger partial charge on any atom is 0.222 e. The zero-order valence-electron chi connectivity index (χ0n) is 10.7. The van der Waals surface area contributed by atoms with E-state index in [9.17, 15) is 0 Å². The summed E-state index contributed by atoms with van der Waals surface area (Å²) in [6.45, 7) is 2.12. The Kier molecular flexibility index (Phi) is 4.31. The van der Waals surface area contributed by atoms with E-state index < -0.39 is 0 Å². The van der Waals surface area contributed by atoms with Gasteiger partial charge >= 0.3 is 0 Å². The third kappa shape index (κ3) is 3.40. The molecule has 4 nitrogen and oxygen atoms in total. The van der Waals surface area contributed by atoms with Crippen molar-refractivity contribution >= 4 is 5.95 Å². The predicted octanol–water partition coefficient (Wildman–Crippen LogP) is 1.98. The van der Waals surface area contributed by atoms with Gasteiger partial charge in [-0.05, 0) is 44.7 Å². The summed E-state index contributed by atoms with van der Waals surface area (Å²) in [5.74, 6) is 0.773. The maximum atomic E-state index is 4.34. The molecule has 0 aromatic carbocycles. The maximum absolute atomic E-state index is 4.34. The summed E-state index contributed by atoms with van der Waals surface area (Å²) in [4.78, 5) is 8.69. The van der Waals surface area contributed by atoms with Crippen LogP contribution in [0.15, 0.2) is 12.4 Å². The summed E-state index contributed by atoms with van der Waals surface area (Å²) >= 11 is 0. The highest BCUT2D eigenvalue weighted by Gasteiger charge is 2.20. The monoisotopic (exact) mass is 234 g/mol. The molecule has 0 bridgehead atoms. The van der Waals surface area contributed by atoms with Gasteiger partial charge in [0.15, 0.2) is 0 Å². The van der Waals surface area contributed by atoms with Crippen molar-refractivity contribution in [3.63, 3.8) is 0 Å². The van der Waals surface area contributed by atoms with E-state index in [1.165, 1.54) is 31.2 Å². The molecule has 1 saturated carbocycles. The number of anilines is 1. The van der Waals surface area contributed by atoms with Crippen LogP contribution in [0.5, 0.6) is 0 Å². The Morgan fingerprint density at radius 2 is 1.71 bits per heavy atom. The number of hydrogen-bond donors (Lipinski definition) is 2. The highest BCUT2D eigenvalue weighted by atomic mass is 15.1. The average molecular weight is 234 g/mol. The zero-order chi connectivity index (χ0) is 12.1. The number of aryl methyl sites for hydroxylation is 1. The second kappa shape index (κ2) is 5.96. The van der Waals surface area contributed by atoms with Crippen LogP contribution in [-0.2, 0) is 6.42 Å². The predicted molar refractivity (Wildman–Crippen MR) is 70.1 cm³/mol. The van der Waals surface area contributed by atoms with E-state index >= 15 is 0 Å². The molecule has 0 saturated heterocycles. The topological polar surface area (TPSA) is 49.8 Å². The lowest BCUT2D eigenvalue weighted by molar-refractivity contribution is 0.370. The number of nitrogens with one attached hydrogen (secondary N) is 2.